The van der Waals surface area contributed by atoms with Gasteiger partial charge >= 0.3 is 0 Å². The summed E-state index contributed by atoms with van der Waals surface area (Å²) >= 11 is 0. The molecule has 2 saturated carbocycles. The van der Waals surface area contributed by atoms with Gasteiger partial charge in [0.25, 0.3) is 0 Å². The second-order valence-corrected chi connectivity index (χ2v) is 6.79. The van der Waals surface area contributed by atoms with Gasteiger partial charge in [-0.1, -0.05) is 27.7 Å². The van der Waals surface area contributed by atoms with Crippen molar-refractivity contribution in [3.05, 3.63) is 0 Å². The zero-order valence-corrected chi connectivity index (χ0v) is 10.8. The molecule has 15 heavy (non-hydrogen) atoms. The maximum atomic E-state index is 3.79. The molecule has 0 amide bonds. The number of hydrogen-bond donors (Lipinski definition) is 1. The monoisotopic (exact) mass is 209 g/mol. The van der Waals surface area contributed by atoms with Crippen LogP contribution in [-0.4, -0.2) is 12.6 Å². The van der Waals surface area contributed by atoms with E-state index in [-0.39, 0.29) is 0 Å². The van der Waals surface area contributed by atoms with E-state index in [1.165, 1.54) is 25.8 Å². The maximum absolute atomic E-state index is 3.79. The Morgan fingerprint density at radius 2 is 1.73 bits per heavy atom. The lowest BCUT2D eigenvalue weighted by molar-refractivity contribution is 0.185. The zero-order valence-electron chi connectivity index (χ0n) is 10.8. The Morgan fingerprint density at radius 1 is 1.13 bits per heavy atom. The fraction of sp³-hybridized carbons (Fsp3) is 1.00. The normalized spacial score (nSPS) is 36.4. The van der Waals surface area contributed by atoms with Crippen molar-refractivity contribution >= 4 is 0 Å². The Morgan fingerprint density at radius 3 is 2.20 bits per heavy atom. The van der Waals surface area contributed by atoms with Crippen LogP contribution in [0.5, 0.6) is 0 Å². The molecule has 1 nitrogen and oxygen atoms in total. The van der Waals surface area contributed by atoms with Crippen molar-refractivity contribution < 1.29 is 0 Å². The summed E-state index contributed by atoms with van der Waals surface area (Å²) in [7, 11) is 0. The van der Waals surface area contributed by atoms with Crippen LogP contribution in [0.2, 0.25) is 0 Å². The molecule has 1 heteroatoms. The first-order valence-corrected chi connectivity index (χ1v) is 6.75. The minimum Gasteiger partial charge on any atom is -0.313 e. The number of rotatable bonds is 4. The van der Waals surface area contributed by atoms with Crippen molar-refractivity contribution in [3.63, 3.8) is 0 Å². The molecule has 0 aromatic carbocycles. The van der Waals surface area contributed by atoms with E-state index in [4.69, 9.17) is 0 Å². The molecule has 2 aliphatic carbocycles. The Kier molecular flexibility index (Phi) is 3.12. The summed E-state index contributed by atoms with van der Waals surface area (Å²) in [5.74, 6) is 3.19. The molecule has 0 aromatic heterocycles. The van der Waals surface area contributed by atoms with Gasteiger partial charge in [-0.25, -0.2) is 0 Å². The summed E-state index contributed by atoms with van der Waals surface area (Å²) in [6.45, 7) is 10.6. The van der Waals surface area contributed by atoms with Gasteiger partial charge < -0.3 is 5.32 Å². The summed E-state index contributed by atoms with van der Waals surface area (Å²) in [4.78, 5) is 0. The van der Waals surface area contributed by atoms with Gasteiger partial charge in [0, 0.05) is 6.04 Å². The average molecular weight is 209 g/mol. The lowest BCUT2D eigenvalue weighted by Crippen LogP contribution is -2.45. The van der Waals surface area contributed by atoms with Crippen LogP contribution in [0.3, 0.4) is 0 Å². The molecule has 0 aliphatic heterocycles. The average Bonchev–Trinajstić information content (AvgIpc) is 2.73. The van der Waals surface area contributed by atoms with Gasteiger partial charge in [0.15, 0.2) is 0 Å². The first kappa shape index (κ1) is 11.4. The fourth-order valence-electron chi connectivity index (χ4n) is 3.51. The summed E-state index contributed by atoms with van der Waals surface area (Å²) in [6.07, 6.45) is 5.81. The number of hydrogen-bond acceptors (Lipinski definition) is 1. The molecule has 0 radical (unpaired) electrons. The van der Waals surface area contributed by atoms with Gasteiger partial charge in [-0.15, -0.1) is 0 Å². The van der Waals surface area contributed by atoms with Crippen LogP contribution >= 0.6 is 0 Å². The minimum absolute atomic E-state index is 0.427. The first-order chi connectivity index (χ1) is 7.02. The molecule has 2 aliphatic rings. The molecule has 2 fully saturated rings. The van der Waals surface area contributed by atoms with Crippen molar-refractivity contribution in [3.8, 4) is 0 Å². The summed E-state index contributed by atoms with van der Waals surface area (Å²) in [5.41, 5.74) is 0.427. The topological polar surface area (TPSA) is 12.0 Å². The van der Waals surface area contributed by atoms with Crippen LogP contribution in [0.1, 0.15) is 53.4 Å². The molecule has 3 unspecified atom stereocenters. The van der Waals surface area contributed by atoms with Crippen LogP contribution < -0.4 is 5.32 Å². The third-order valence-electron chi connectivity index (χ3n) is 4.30. The van der Waals surface area contributed by atoms with Gasteiger partial charge in [0.2, 0.25) is 0 Å². The molecular formula is C14H27N. The Hall–Kier alpha value is -0.0400. The molecule has 88 valence electrons. The van der Waals surface area contributed by atoms with Crippen LogP contribution in [0.4, 0.5) is 0 Å². The highest BCUT2D eigenvalue weighted by Gasteiger charge is 2.49. The van der Waals surface area contributed by atoms with Crippen LogP contribution in [-0.2, 0) is 0 Å². The highest BCUT2D eigenvalue weighted by Crippen LogP contribution is 2.56. The lowest BCUT2D eigenvalue weighted by Gasteiger charge is -2.37. The number of fused-ring (bicyclic) bond motifs is 1. The second-order valence-electron chi connectivity index (χ2n) is 6.79. The van der Waals surface area contributed by atoms with E-state index < -0.39 is 0 Å². The summed E-state index contributed by atoms with van der Waals surface area (Å²) in [6, 6.07) is 0.741. The third kappa shape index (κ3) is 2.55. The fourth-order valence-corrected chi connectivity index (χ4v) is 3.51. The molecule has 0 saturated heterocycles. The standard InChI is InChI=1S/C14H27N/c1-5-6-15-13(14(2,3)4)12-8-10-7-11(10)9-12/h10-13,15H,5-9H2,1-4H3. The van der Waals surface area contributed by atoms with E-state index in [0.29, 0.717) is 5.41 Å². The molecule has 2 rings (SSSR count). The van der Waals surface area contributed by atoms with Gasteiger partial charge in [-0.3, -0.25) is 0 Å². The molecule has 3 atom stereocenters. The van der Waals surface area contributed by atoms with E-state index in [1.807, 2.05) is 0 Å². The Labute approximate surface area is 95.0 Å². The van der Waals surface area contributed by atoms with E-state index >= 15 is 0 Å². The van der Waals surface area contributed by atoms with Crippen molar-refractivity contribution in [2.75, 3.05) is 6.54 Å². The molecule has 0 heterocycles. The van der Waals surface area contributed by atoms with Gasteiger partial charge in [0.05, 0.1) is 0 Å². The smallest absolute Gasteiger partial charge is 0.0144 e. The van der Waals surface area contributed by atoms with Crippen molar-refractivity contribution in [1.29, 1.82) is 0 Å². The van der Waals surface area contributed by atoms with E-state index in [9.17, 15) is 0 Å². The van der Waals surface area contributed by atoms with Gasteiger partial charge in [0.1, 0.15) is 0 Å². The molecule has 0 spiro atoms. The van der Waals surface area contributed by atoms with Crippen molar-refractivity contribution in [2.45, 2.75) is 59.4 Å². The molecule has 0 aromatic rings. The predicted molar refractivity (Wildman–Crippen MR) is 65.9 cm³/mol. The Bertz CT molecular complexity index is 206. The van der Waals surface area contributed by atoms with Crippen LogP contribution in [0.15, 0.2) is 0 Å². The summed E-state index contributed by atoms with van der Waals surface area (Å²) < 4.78 is 0. The minimum atomic E-state index is 0.427. The SMILES string of the molecule is CCCNC(C1CC2CC2C1)C(C)(C)C. The third-order valence-corrected chi connectivity index (χ3v) is 4.30. The lowest BCUT2D eigenvalue weighted by atomic mass is 9.77. The quantitative estimate of drug-likeness (QED) is 0.748. The van der Waals surface area contributed by atoms with E-state index in [1.54, 1.807) is 6.42 Å². The highest BCUT2D eigenvalue weighted by molar-refractivity contribution is 5.01. The van der Waals surface area contributed by atoms with Gasteiger partial charge in [-0.2, -0.15) is 0 Å². The molecule has 0 bridgehead atoms. The van der Waals surface area contributed by atoms with Crippen LogP contribution in [0.25, 0.3) is 0 Å². The van der Waals surface area contributed by atoms with Gasteiger partial charge in [-0.05, 0) is 55.4 Å². The summed E-state index contributed by atoms with van der Waals surface area (Å²) in [5, 5.41) is 3.79. The zero-order chi connectivity index (χ0) is 11.1. The predicted octanol–water partition coefficient (Wildman–Crippen LogP) is 3.45. The molecular weight excluding hydrogens is 182 g/mol. The molecule has 1 N–H and O–H groups in total. The second kappa shape index (κ2) is 4.08. The maximum Gasteiger partial charge on any atom is 0.0144 e. The van der Waals surface area contributed by atoms with Crippen molar-refractivity contribution in [2.24, 2.45) is 23.2 Å². The first-order valence-electron chi connectivity index (χ1n) is 6.75. The van der Waals surface area contributed by atoms with Crippen LogP contribution in [0, 0.1) is 23.2 Å². The number of nitrogens with one attached hydrogen (secondary N) is 1. The Balaban J connectivity index is 1.92. The van der Waals surface area contributed by atoms with E-state index in [0.717, 1.165) is 23.8 Å². The largest absolute Gasteiger partial charge is 0.313 e. The highest BCUT2D eigenvalue weighted by atomic mass is 14.9. The van der Waals surface area contributed by atoms with Crippen molar-refractivity contribution in [1.82, 2.24) is 5.32 Å². The van der Waals surface area contributed by atoms with E-state index in [2.05, 4.69) is 33.0 Å².